The van der Waals surface area contributed by atoms with Crippen molar-refractivity contribution in [3.8, 4) is 0 Å². The third-order valence-electron chi connectivity index (χ3n) is 3.42. The van der Waals surface area contributed by atoms with Crippen molar-refractivity contribution < 1.29 is 27.6 Å². The number of rotatable bonds is 13. The SMILES string of the molecule is CCCCCCCCCCCC(=O)OC(C(C)O)S(=O)(=O)O. The van der Waals surface area contributed by atoms with Gasteiger partial charge in [0.2, 0.25) is 0 Å². The number of esters is 1. The van der Waals surface area contributed by atoms with Gasteiger partial charge in [-0.1, -0.05) is 58.3 Å². The number of carbonyl (C=O) groups excluding carboxylic acids is 1. The highest BCUT2D eigenvalue weighted by molar-refractivity contribution is 7.86. The molecule has 0 heterocycles. The normalized spacial score (nSPS) is 14.5. The number of ether oxygens (including phenoxy) is 1. The molecular weight excluding hydrogens is 308 g/mol. The summed E-state index contributed by atoms with van der Waals surface area (Å²) in [7, 11) is -4.60. The lowest BCUT2D eigenvalue weighted by Gasteiger charge is -2.17. The van der Waals surface area contributed by atoms with Crippen LogP contribution in [-0.2, 0) is 19.6 Å². The number of hydrogen-bond acceptors (Lipinski definition) is 5. The number of aliphatic hydroxyl groups excluding tert-OH is 1. The van der Waals surface area contributed by atoms with E-state index in [1.165, 1.54) is 32.1 Å². The highest BCUT2D eigenvalue weighted by Crippen LogP contribution is 2.13. The molecule has 0 saturated heterocycles. The Morgan fingerprint density at radius 1 is 1.00 bits per heavy atom. The van der Waals surface area contributed by atoms with E-state index in [9.17, 15) is 18.3 Å². The van der Waals surface area contributed by atoms with Crippen molar-refractivity contribution in [2.75, 3.05) is 0 Å². The molecule has 0 aromatic rings. The van der Waals surface area contributed by atoms with Crippen LogP contribution in [0.5, 0.6) is 0 Å². The number of aliphatic hydroxyl groups is 1. The molecule has 7 heteroatoms. The Bertz CT molecular complexity index is 391. The molecule has 0 fully saturated rings. The highest BCUT2D eigenvalue weighted by Gasteiger charge is 2.31. The third-order valence-corrected chi connectivity index (χ3v) is 4.50. The maximum absolute atomic E-state index is 11.5. The molecule has 0 spiro atoms. The average Bonchev–Trinajstić information content (AvgIpc) is 2.41. The molecule has 0 aromatic heterocycles. The second kappa shape index (κ2) is 11.8. The summed E-state index contributed by atoms with van der Waals surface area (Å²) in [5.41, 5.74) is -1.90. The molecule has 6 nitrogen and oxygen atoms in total. The minimum Gasteiger partial charge on any atom is -0.440 e. The minimum absolute atomic E-state index is 0.0918. The first-order valence-electron chi connectivity index (χ1n) is 8.13. The van der Waals surface area contributed by atoms with Gasteiger partial charge >= 0.3 is 16.1 Å². The smallest absolute Gasteiger partial charge is 0.307 e. The van der Waals surface area contributed by atoms with Crippen molar-refractivity contribution >= 4 is 16.1 Å². The van der Waals surface area contributed by atoms with E-state index in [0.29, 0.717) is 6.42 Å². The van der Waals surface area contributed by atoms with Crippen LogP contribution >= 0.6 is 0 Å². The van der Waals surface area contributed by atoms with E-state index in [2.05, 4.69) is 11.7 Å². The third kappa shape index (κ3) is 11.0. The molecule has 22 heavy (non-hydrogen) atoms. The van der Waals surface area contributed by atoms with Gasteiger partial charge in [0, 0.05) is 6.42 Å². The Kier molecular flexibility index (Phi) is 11.5. The average molecular weight is 338 g/mol. The standard InChI is InChI=1S/C15H30O6S/c1-3-4-5-6-7-8-9-10-11-12-14(17)21-15(13(2)16)22(18,19)20/h13,15-16H,3-12H2,1-2H3,(H,18,19,20). The van der Waals surface area contributed by atoms with Gasteiger partial charge in [0.05, 0.1) is 0 Å². The zero-order chi connectivity index (χ0) is 17.0. The van der Waals surface area contributed by atoms with Crippen molar-refractivity contribution in [3.63, 3.8) is 0 Å². The van der Waals surface area contributed by atoms with E-state index >= 15 is 0 Å². The molecule has 0 bridgehead atoms. The molecule has 0 aliphatic heterocycles. The molecule has 132 valence electrons. The first-order chi connectivity index (χ1) is 10.3. The van der Waals surface area contributed by atoms with Gasteiger partial charge in [0.1, 0.15) is 6.10 Å². The van der Waals surface area contributed by atoms with E-state index in [0.717, 1.165) is 26.2 Å². The van der Waals surface area contributed by atoms with Crippen LogP contribution in [-0.4, -0.2) is 35.6 Å². The van der Waals surface area contributed by atoms with Crippen LogP contribution in [0.2, 0.25) is 0 Å². The Hall–Kier alpha value is -0.660. The lowest BCUT2D eigenvalue weighted by molar-refractivity contribution is -0.149. The van der Waals surface area contributed by atoms with Crippen molar-refractivity contribution in [1.29, 1.82) is 0 Å². The van der Waals surface area contributed by atoms with Crippen LogP contribution in [0.1, 0.15) is 78.1 Å². The van der Waals surface area contributed by atoms with Crippen LogP contribution in [0.4, 0.5) is 0 Å². The van der Waals surface area contributed by atoms with Gasteiger partial charge in [-0.2, -0.15) is 8.42 Å². The molecule has 2 atom stereocenters. The summed E-state index contributed by atoms with van der Waals surface area (Å²) in [6.45, 7) is 3.33. The van der Waals surface area contributed by atoms with E-state index in [1.807, 2.05) is 0 Å². The fraction of sp³-hybridized carbons (Fsp3) is 0.933. The lowest BCUT2D eigenvalue weighted by Crippen LogP contribution is -2.36. The summed E-state index contributed by atoms with van der Waals surface area (Å²) in [6, 6.07) is 0. The van der Waals surface area contributed by atoms with Gasteiger partial charge in [0.15, 0.2) is 0 Å². The summed E-state index contributed by atoms with van der Waals surface area (Å²) < 4.78 is 35.4. The van der Waals surface area contributed by atoms with Crippen LogP contribution in [0.15, 0.2) is 0 Å². The molecule has 2 unspecified atom stereocenters. The summed E-state index contributed by atoms with van der Waals surface area (Å²) >= 11 is 0. The summed E-state index contributed by atoms with van der Waals surface area (Å²) in [5, 5.41) is 9.21. The zero-order valence-corrected chi connectivity index (χ0v) is 14.5. The second-order valence-electron chi connectivity index (χ2n) is 5.69. The van der Waals surface area contributed by atoms with Crippen LogP contribution in [0.25, 0.3) is 0 Å². The van der Waals surface area contributed by atoms with Crippen molar-refractivity contribution in [2.45, 2.75) is 89.6 Å². The Balaban J connectivity index is 3.73. The first-order valence-corrected chi connectivity index (χ1v) is 9.63. The summed E-state index contributed by atoms with van der Waals surface area (Å²) in [5.74, 6) is -0.716. The predicted molar refractivity (Wildman–Crippen MR) is 85.0 cm³/mol. The van der Waals surface area contributed by atoms with Gasteiger partial charge in [-0.15, -0.1) is 0 Å². The second-order valence-corrected chi connectivity index (χ2v) is 7.19. The molecule has 2 N–H and O–H groups in total. The lowest BCUT2D eigenvalue weighted by atomic mass is 10.1. The van der Waals surface area contributed by atoms with Crippen molar-refractivity contribution in [3.05, 3.63) is 0 Å². The monoisotopic (exact) mass is 338 g/mol. The Labute approximate surface area is 134 Å². The fourth-order valence-corrected chi connectivity index (χ4v) is 2.90. The molecule has 0 rings (SSSR count). The minimum atomic E-state index is -4.60. The molecule has 0 amide bonds. The van der Waals surface area contributed by atoms with Gasteiger partial charge in [-0.25, -0.2) is 0 Å². The van der Waals surface area contributed by atoms with Crippen molar-refractivity contribution in [1.82, 2.24) is 0 Å². The molecule has 0 aliphatic rings. The molecule has 0 aromatic carbocycles. The molecular formula is C15H30O6S. The molecule has 0 saturated carbocycles. The van der Waals surface area contributed by atoms with Crippen molar-refractivity contribution in [2.24, 2.45) is 0 Å². The van der Waals surface area contributed by atoms with Gasteiger partial charge in [0.25, 0.3) is 5.44 Å². The Morgan fingerprint density at radius 2 is 1.45 bits per heavy atom. The number of unbranched alkanes of at least 4 members (excludes halogenated alkanes) is 8. The van der Waals surface area contributed by atoms with E-state index < -0.39 is 27.6 Å². The number of carbonyl (C=O) groups is 1. The quantitative estimate of drug-likeness (QED) is 0.304. The summed E-state index contributed by atoms with van der Waals surface area (Å²) in [6.07, 6.45) is 8.55. The van der Waals surface area contributed by atoms with Gasteiger partial charge in [-0.3, -0.25) is 9.35 Å². The zero-order valence-electron chi connectivity index (χ0n) is 13.7. The van der Waals surface area contributed by atoms with Crippen LogP contribution in [0, 0.1) is 0 Å². The number of hydrogen-bond donors (Lipinski definition) is 2. The maximum Gasteiger partial charge on any atom is 0.307 e. The fourth-order valence-electron chi connectivity index (χ4n) is 2.18. The van der Waals surface area contributed by atoms with Crippen LogP contribution in [0.3, 0.4) is 0 Å². The maximum atomic E-state index is 11.5. The van der Waals surface area contributed by atoms with E-state index in [-0.39, 0.29) is 6.42 Å². The summed E-state index contributed by atoms with van der Waals surface area (Å²) in [4.78, 5) is 11.5. The highest BCUT2D eigenvalue weighted by atomic mass is 32.2. The van der Waals surface area contributed by atoms with Crippen LogP contribution < -0.4 is 0 Å². The van der Waals surface area contributed by atoms with E-state index in [1.54, 1.807) is 0 Å². The predicted octanol–water partition coefficient (Wildman–Crippen LogP) is 3.05. The first kappa shape index (κ1) is 21.3. The largest absolute Gasteiger partial charge is 0.440 e. The van der Waals surface area contributed by atoms with Gasteiger partial charge < -0.3 is 9.84 Å². The molecule has 0 radical (unpaired) electrons. The van der Waals surface area contributed by atoms with E-state index in [4.69, 9.17) is 4.55 Å². The van der Waals surface area contributed by atoms with Gasteiger partial charge in [-0.05, 0) is 13.3 Å². The topological polar surface area (TPSA) is 101 Å². The Morgan fingerprint density at radius 3 is 1.86 bits per heavy atom. The molecule has 0 aliphatic carbocycles.